The Morgan fingerprint density at radius 2 is 2.22 bits per heavy atom. The van der Waals surface area contributed by atoms with Gasteiger partial charge in [0.05, 0.1) is 4.92 Å². The molecule has 1 aromatic carbocycles. The standard InChI is InChI=1S/C13H17ClN2O2/c1-8-5-13(16(17)18)11(14)6-10(8)7-12(15-2)9-3-4-9/h5-6,9,12,15H,3-4,7H2,1-2H3. The molecule has 0 aromatic heterocycles. The van der Waals surface area contributed by atoms with E-state index in [4.69, 9.17) is 11.6 Å². The number of rotatable bonds is 5. The maximum atomic E-state index is 10.8. The van der Waals surface area contributed by atoms with Crippen LogP contribution in [-0.4, -0.2) is 18.0 Å². The van der Waals surface area contributed by atoms with Crippen molar-refractivity contribution in [3.63, 3.8) is 0 Å². The molecular weight excluding hydrogens is 252 g/mol. The van der Waals surface area contributed by atoms with Gasteiger partial charge in [-0.05, 0) is 56.3 Å². The van der Waals surface area contributed by atoms with E-state index in [2.05, 4.69) is 5.32 Å². The molecular formula is C13H17ClN2O2. The van der Waals surface area contributed by atoms with E-state index in [1.807, 2.05) is 14.0 Å². The van der Waals surface area contributed by atoms with Crippen LogP contribution in [0.2, 0.25) is 5.02 Å². The van der Waals surface area contributed by atoms with Gasteiger partial charge in [0.25, 0.3) is 5.69 Å². The minimum atomic E-state index is -0.435. The maximum Gasteiger partial charge on any atom is 0.288 e. The van der Waals surface area contributed by atoms with Gasteiger partial charge in [0, 0.05) is 12.1 Å². The summed E-state index contributed by atoms with van der Waals surface area (Å²) in [6.07, 6.45) is 3.42. The van der Waals surface area contributed by atoms with Crippen molar-refractivity contribution in [3.05, 3.63) is 38.4 Å². The fourth-order valence-corrected chi connectivity index (χ4v) is 2.56. The van der Waals surface area contributed by atoms with Crippen molar-refractivity contribution >= 4 is 17.3 Å². The summed E-state index contributed by atoms with van der Waals surface area (Å²) >= 11 is 5.96. The molecule has 1 atom stereocenters. The number of hydrogen-bond donors (Lipinski definition) is 1. The number of benzene rings is 1. The van der Waals surface area contributed by atoms with Gasteiger partial charge in [0.2, 0.25) is 0 Å². The van der Waals surface area contributed by atoms with E-state index < -0.39 is 4.92 Å². The summed E-state index contributed by atoms with van der Waals surface area (Å²) in [6, 6.07) is 3.75. The molecule has 1 unspecified atom stereocenters. The third kappa shape index (κ3) is 2.82. The first kappa shape index (κ1) is 13.3. The van der Waals surface area contributed by atoms with Crippen LogP contribution in [-0.2, 0) is 6.42 Å². The number of nitro benzene ring substituents is 1. The van der Waals surface area contributed by atoms with Crippen LogP contribution in [0.3, 0.4) is 0 Å². The number of hydrogen-bond acceptors (Lipinski definition) is 3. The summed E-state index contributed by atoms with van der Waals surface area (Å²) in [5.41, 5.74) is 2.02. The fourth-order valence-electron chi connectivity index (χ4n) is 2.31. The second-order valence-electron chi connectivity index (χ2n) is 4.92. The third-order valence-corrected chi connectivity index (χ3v) is 3.91. The van der Waals surface area contributed by atoms with Gasteiger partial charge in [0.15, 0.2) is 0 Å². The van der Waals surface area contributed by atoms with Gasteiger partial charge in [-0.3, -0.25) is 10.1 Å². The molecule has 0 saturated heterocycles. The fraction of sp³-hybridized carbons (Fsp3) is 0.538. The summed E-state index contributed by atoms with van der Waals surface area (Å²) in [5.74, 6) is 0.739. The first-order valence-electron chi connectivity index (χ1n) is 6.13. The van der Waals surface area contributed by atoms with Crippen molar-refractivity contribution in [2.24, 2.45) is 5.92 Å². The molecule has 0 aliphatic heterocycles. The number of likely N-dealkylation sites (N-methyl/N-ethyl adjacent to an activating group) is 1. The Morgan fingerprint density at radius 3 is 2.72 bits per heavy atom. The minimum absolute atomic E-state index is 0.00894. The topological polar surface area (TPSA) is 55.2 Å². The summed E-state index contributed by atoms with van der Waals surface area (Å²) in [4.78, 5) is 10.4. The first-order chi connectivity index (χ1) is 8.52. The average molecular weight is 269 g/mol. The van der Waals surface area contributed by atoms with E-state index in [1.165, 1.54) is 12.8 Å². The van der Waals surface area contributed by atoms with Gasteiger partial charge >= 0.3 is 0 Å². The van der Waals surface area contributed by atoms with Crippen LogP contribution in [0.15, 0.2) is 12.1 Å². The summed E-state index contributed by atoms with van der Waals surface area (Å²) in [7, 11) is 1.96. The maximum absolute atomic E-state index is 10.8. The SMILES string of the molecule is CNC(Cc1cc(Cl)c([N+](=O)[O-])cc1C)C1CC1. The van der Waals surface area contributed by atoms with Crippen molar-refractivity contribution in [1.29, 1.82) is 0 Å². The molecule has 1 aliphatic rings. The molecule has 1 aromatic rings. The number of halogens is 1. The Kier molecular flexibility index (Phi) is 3.88. The summed E-state index contributed by atoms with van der Waals surface area (Å²) in [5, 5.41) is 14.3. The Balaban J connectivity index is 2.22. The zero-order valence-electron chi connectivity index (χ0n) is 10.6. The lowest BCUT2D eigenvalue weighted by Gasteiger charge is -2.17. The monoisotopic (exact) mass is 268 g/mol. The summed E-state index contributed by atoms with van der Waals surface area (Å²) < 4.78 is 0. The van der Waals surface area contributed by atoms with E-state index in [0.29, 0.717) is 6.04 Å². The van der Waals surface area contributed by atoms with Crippen LogP contribution in [0, 0.1) is 23.0 Å². The zero-order chi connectivity index (χ0) is 13.3. The van der Waals surface area contributed by atoms with Crippen LogP contribution >= 0.6 is 11.6 Å². The van der Waals surface area contributed by atoms with E-state index in [1.54, 1.807) is 12.1 Å². The molecule has 1 aliphatic carbocycles. The van der Waals surface area contributed by atoms with Crippen LogP contribution in [0.4, 0.5) is 5.69 Å². The Bertz CT molecular complexity index is 472. The molecule has 98 valence electrons. The Hall–Kier alpha value is -1.13. The third-order valence-electron chi connectivity index (χ3n) is 3.60. The van der Waals surface area contributed by atoms with E-state index >= 15 is 0 Å². The van der Waals surface area contributed by atoms with Gasteiger partial charge < -0.3 is 5.32 Å². The largest absolute Gasteiger partial charge is 0.316 e. The normalized spacial score (nSPS) is 16.6. The molecule has 2 rings (SSSR count). The van der Waals surface area contributed by atoms with Crippen molar-refractivity contribution in [3.8, 4) is 0 Å². The van der Waals surface area contributed by atoms with E-state index in [9.17, 15) is 10.1 Å². The molecule has 0 spiro atoms. The van der Waals surface area contributed by atoms with Crippen molar-refractivity contribution in [2.75, 3.05) is 7.05 Å². The highest BCUT2D eigenvalue weighted by Crippen LogP contribution is 2.35. The smallest absolute Gasteiger partial charge is 0.288 e. The van der Waals surface area contributed by atoms with Crippen LogP contribution in [0.25, 0.3) is 0 Å². The lowest BCUT2D eigenvalue weighted by molar-refractivity contribution is -0.384. The number of aryl methyl sites for hydroxylation is 1. The van der Waals surface area contributed by atoms with Gasteiger partial charge in [-0.15, -0.1) is 0 Å². The van der Waals surface area contributed by atoms with Crippen LogP contribution in [0.1, 0.15) is 24.0 Å². The average Bonchev–Trinajstić information content (AvgIpc) is 3.13. The molecule has 1 saturated carbocycles. The highest BCUT2D eigenvalue weighted by molar-refractivity contribution is 6.32. The molecule has 0 heterocycles. The minimum Gasteiger partial charge on any atom is -0.316 e. The molecule has 1 fully saturated rings. The number of nitrogens with zero attached hydrogens (tertiary/aromatic N) is 1. The molecule has 0 bridgehead atoms. The quantitative estimate of drug-likeness (QED) is 0.659. The highest BCUT2D eigenvalue weighted by Gasteiger charge is 2.30. The van der Waals surface area contributed by atoms with Crippen LogP contribution in [0.5, 0.6) is 0 Å². The lowest BCUT2D eigenvalue weighted by Crippen LogP contribution is -2.29. The second-order valence-corrected chi connectivity index (χ2v) is 5.33. The van der Waals surface area contributed by atoms with Gasteiger partial charge in [0.1, 0.15) is 5.02 Å². The predicted molar refractivity (Wildman–Crippen MR) is 72.1 cm³/mol. The molecule has 0 radical (unpaired) electrons. The Labute approximate surface area is 111 Å². The zero-order valence-corrected chi connectivity index (χ0v) is 11.3. The van der Waals surface area contributed by atoms with Crippen molar-refractivity contribution in [2.45, 2.75) is 32.2 Å². The predicted octanol–water partition coefficient (Wildman–Crippen LogP) is 3.10. The number of nitro groups is 1. The number of nitrogens with one attached hydrogen (secondary N) is 1. The van der Waals surface area contributed by atoms with E-state index in [-0.39, 0.29) is 10.7 Å². The molecule has 5 heteroatoms. The first-order valence-corrected chi connectivity index (χ1v) is 6.51. The highest BCUT2D eigenvalue weighted by atomic mass is 35.5. The van der Waals surface area contributed by atoms with Crippen molar-refractivity contribution < 1.29 is 4.92 Å². The Morgan fingerprint density at radius 1 is 1.56 bits per heavy atom. The lowest BCUT2D eigenvalue weighted by atomic mass is 9.98. The van der Waals surface area contributed by atoms with Gasteiger partial charge in [-0.2, -0.15) is 0 Å². The molecule has 1 N–H and O–H groups in total. The van der Waals surface area contributed by atoms with Crippen LogP contribution < -0.4 is 5.32 Å². The second kappa shape index (κ2) is 5.24. The summed E-state index contributed by atoms with van der Waals surface area (Å²) in [6.45, 7) is 1.90. The molecule has 4 nitrogen and oxygen atoms in total. The van der Waals surface area contributed by atoms with Gasteiger partial charge in [-0.25, -0.2) is 0 Å². The van der Waals surface area contributed by atoms with E-state index in [0.717, 1.165) is 23.5 Å². The molecule has 0 amide bonds. The molecule has 18 heavy (non-hydrogen) atoms. The van der Waals surface area contributed by atoms with Crippen molar-refractivity contribution in [1.82, 2.24) is 5.32 Å². The van der Waals surface area contributed by atoms with Gasteiger partial charge in [-0.1, -0.05) is 11.6 Å².